The van der Waals surface area contributed by atoms with E-state index in [0.717, 1.165) is 5.56 Å². The van der Waals surface area contributed by atoms with Crippen LogP contribution in [0.25, 0.3) is 0 Å². The Balaban J connectivity index is 2.23. The van der Waals surface area contributed by atoms with Crippen LogP contribution in [0.2, 0.25) is 0 Å². The van der Waals surface area contributed by atoms with Gasteiger partial charge in [0.1, 0.15) is 5.82 Å². The van der Waals surface area contributed by atoms with Crippen LogP contribution in [0.4, 0.5) is 10.1 Å². The van der Waals surface area contributed by atoms with Crippen LogP contribution in [0.5, 0.6) is 0 Å². The van der Waals surface area contributed by atoms with Gasteiger partial charge in [0, 0.05) is 16.2 Å². The molecule has 0 amide bonds. The van der Waals surface area contributed by atoms with Gasteiger partial charge in [0.05, 0.1) is 5.56 Å². The number of anilines is 1. The van der Waals surface area contributed by atoms with Crippen LogP contribution in [0, 0.1) is 5.82 Å². The Bertz CT molecular complexity index is 646. The summed E-state index contributed by atoms with van der Waals surface area (Å²) in [4.78, 5) is 11.0. The third-order valence-electron chi connectivity index (χ3n) is 2.88. The number of carboxylic acids is 1. The largest absolute Gasteiger partial charge is 0.478 e. The van der Waals surface area contributed by atoms with Crippen molar-refractivity contribution in [3.05, 3.63) is 63.9 Å². The van der Waals surface area contributed by atoms with Crippen molar-refractivity contribution in [2.75, 3.05) is 5.32 Å². The molecule has 0 aliphatic rings. The number of hydrogen-bond acceptors (Lipinski definition) is 2. The highest BCUT2D eigenvalue weighted by molar-refractivity contribution is 9.10. The van der Waals surface area contributed by atoms with Crippen LogP contribution in [-0.2, 0) is 0 Å². The third-order valence-corrected chi connectivity index (χ3v) is 3.33. The summed E-state index contributed by atoms with van der Waals surface area (Å²) in [5.74, 6) is -1.29. The molecule has 2 N–H and O–H groups in total. The first-order valence-corrected chi connectivity index (χ1v) is 6.81. The predicted octanol–water partition coefficient (Wildman–Crippen LogP) is 4.46. The van der Waals surface area contributed by atoms with E-state index in [1.165, 1.54) is 18.2 Å². The van der Waals surface area contributed by atoms with Gasteiger partial charge >= 0.3 is 5.97 Å². The predicted molar refractivity (Wildman–Crippen MR) is 79.5 cm³/mol. The molecule has 1 unspecified atom stereocenters. The van der Waals surface area contributed by atoms with Crippen molar-refractivity contribution >= 4 is 27.6 Å². The lowest BCUT2D eigenvalue weighted by Crippen LogP contribution is -2.08. The Labute approximate surface area is 124 Å². The van der Waals surface area contributed by atoms with Gasteiger partial charge in [0.2, 0.25) is 0 Å². The normalized spacial score (nSPS) is 11.9. The second-order valence-electron chi connectivity index (χ2n) is 4.45. The van der Waals surface area contributed by atoms with Gasteiger partial charge in [-0.05, 0) is 42.8 Å². The molecule has 0 radical (unpaired) electrons. The smallest absolute Gasteiger partial charge is 0.335 e. The van der Waals surface area contributed by atoms with Crippen LogP contribution >= 0.6 is 15.9 Å². The van der Waals surface area contributed by atoms with Gasteiger partial charge in [-0.25, -0.2) is 9.18 Å². The molecule has 20 heavy (non-hydrogen) atoms. The molecule has 0 aromatic heterocycles. The van der Waals surface area contributed by atoms with Crippen molar-refractivity contribution in [1.29, 1.82) is 0 Å². The third kappa shape index (κ3) is 3.57. The lowest BCUT2D eigenvalue weighted by atomic mass is 10.1. The van der Waals surface area contributed by atoms with Crippen LogP contribution in [-0.4, -0.2) is 11.1 Å². The number of carbonyl (C=O) groups is 1. The lowest BCUT2D eigenvalue weighted by Gasteiger charge is -2.16. The second kappa shape index (κ2) is 6.05. The Kier molecular flexibility index (Phi) is 4.39. The van der Waals surface area contributed by atoms with E-state index in [0.29, 0.717) is 10.2 Å². The maximum atomic E-state index is 13.2. The van der Waals surface area contributed by atoms with Crippen LogP contribution in [0.3, 0.4) is 0 Å². The molecule has 0 bridgehead atoms. The lowest BCUT2D eigenvalue weighted by molar-refractivity contribution is 0.0697. The number of aromatic carboxylic acids is 1. The summed E-state index contributed by atoms with van der Waals surface area (Å²) in [6.07, 6.45) is 0. The number of nitrogens with one attached hydrogen (secondary N) is 1. The van der Waals surface area contributed by atoms with Crippen molar-refractivity contribution in [2.45, 2.75) is 13.0 Å². The minimum Gasteiger partial charge on any atom is -0.478 e. The molecule has 0 saturated heterocycles. The number of carboxylic acid groups (broad SMARTS) is 1. The molecule has 5 heteroatoms. The summed E-state index contributed by atoms with van der Waals surface area (Å²) < 4.78 is 13.9. The second-order valence-corrected chi connectivity index (χ2v) is 5.37. The van der Waals surface area contributed by atoms with E-state index in [1.54, 1.807) is 18.2 Å². The summed E-state index contributed by atoms with van der Waals surface area (Å²) in [5.41, 5.74) is 1.64. The maximum Gasteiger partial charge on any atom is 0.335 e. The molecule has 0 saturated carbocycles. The first-order valence-electron chi connectivity index (χ1n) is 6.01. The highest BCUT2D eigenvalue weighted by Gasteiger charge is 2.10. The summed E-state index contributed by atoms with van der Waals surface area (Å²) in [7, 11) is 0. The van der Waals surface area contributed by atoms with E-state index in [4.69, 9.17) is 5.11 Å². The van der Waals surface area contributed by atoms with E-state index in [-0.39, 0.29) is 17.4 Å². The van der Waals surface area contributed by atoms with Gasteiger partial charge in [-0.3, -0.25) is 0 Å². The van der Waals surface area contributed by atoms with Gasteiger partial charge in [-0.15, -0.1) is 0 Å². The first-order chi connectivity index (χ1) is 9.45. The Hall–Kier alpha value is -1.88. The fraction of sp³-hybridized carbons (Fsp3) is 0.133. The average Bonchev–Trinajstić information content (AvgIpc) is 2.37. The number of halogens is 2. The SMILES string of the molecule is CC(Nc1cc(Br)cc(C(=O)O)c1)c1cccc(F)c1. The Morgan fingerprint density at radius 2 is 2.05 bits per heavy atom. The molecule has 0 spiro atoms. The summed E-state index contributed by atoms with van der Waals surface area (Å²) in [5, 5.41) is 12.2. The summed E-state index contributed by atoms with van der Waals surface area (Å²) >= 11 is 3.28. The highest BCUT2D eigenvalue weighted by atomic mass is 79.9. The van der Waals surface area contributed by atoms with Crippen LogP contribution in [0.1, 0.15) is 28.9 Å². The zero-order valence-electron chi connectivity index (χ0n) is 10.7. The van der Waals surface area contributed by atoms with E-state index in [1.807, 2.05) is 13.0 Å². The molecule has 2 aromatic rings. The number of rotatable bonds is 4. The molecule has 104 valence electrons. The quantitative estimate of drug-likeness (QED) is 0.865. The van der Waals surface area contributed by atoms with Crippen molar-refractivity contribution in [1.82, 2.24) is 0 Å². The number of hydrogen-bond donors (Lipinski definition) is 2. The van der Waals surface area contributed by atoms with E-state index < -0.39 is 5.97 Å². The average molecular weight is 338 g/mol. The van der Waals surface area contributed by atoms with E-state index in [2.05, 4.69) is 21.2 Å². The molecule has 1 atom stereocenters. The molecular formula is C15H13BrFNO2. The molecule has 0 aliphatic heterocycles. The minimum absolute atomic E-state index is 0.137. The van der Waals surface area contributed by atoms with Crippen molar-refractivity contribution in [2.24, 2.45) is 0 Å². The molecule has 0 fully saturated rings. The molecule has 2 rings (SSSR count). The van der Waals surface area contributed by atoms with Crippen molar-refractivity contribution in [3.63, 3.8) is 0 Å². The monoisotopic (exact) mass is 337 g/mol. The highest BCUT2D eigenvalue weighted by Crippen LogP contribution is 2.24. The van der Waals surface area contributed by atoms with Crippen molar-refractivity contribution < 1.29 is 14.3 Å². The Morgan fingerprint density at radius 1 is 1.30 bits per heavy atom. The van der Waals surface area contributed by atoms with Gasteiger partial charge in [-0.1, -0.05) is 28.1 Å². The van der Waals surface area contributed by atoms with E-state index in [9.17, 15) is 9.18 Å². The molecule has 3 nitrogen and oxygen atoms in total. The first kappa shape index (κ1) is 14.5. The van der Waals surface area contributed by atoms with Gasteiger partial charge in [0.25, 0.3) is 0 Å². The fourth-order valence-corrected chi connectivity index (χ4v) is 2.40. The number of benzene rings is 2. The zero-order valence-corrected chi connectivity index (χ0v) is 12.3. The molecule has 2 aromatic carbocycles. The van der Waals surface area contributed by atoms with E-state index >= 15 is 0 Å². The minimum atomic E-state index is -0.993. The van der Waals surface area contributed by atoms with Gasteiger partial charge in [0.15, 0.2) is 0 Å². The standard InChI is InChI=1S/C15H13BrFNO2/c1-9(10-3-2-4-13(17)6-10)18-14-7-11(15(19)20)5-12(16)8-14/h2-9,18H,1H3,(H,19,20). The molecule has 0 heterocycles. The zero-order chi connectivity index (χ0) is 14.7. The van der Waals surface area contributed by atoms with Crippen molar-refractivity contribution in [3.8, 4) is 0 Å². The van der Waals surface area contributed by atoms with Gasteiger partial charge in [-0.2, -0.15) is 0 Å². The molecule has 0 aliphatic carbocycles. The summed E-state index contributed by atoms with van der Waals surface area (Å²) in [6.45, 7) is 1.89. The molecular weight excluding hydrogens is 325 g/mol. The van der Waals surface area contributed by atoms with Crippen LogP contribution in [0.15, 0.2) is 46.9 Å². The maximum absolute atomic E-state index is 13.2. The van der Waals surface area contributed by atoms with Crippen LogP contribution < -0.4 is 5.32 Å². The topological polar surface area (TPSA) is 49.3 Å². The van der Waals surface area contributed by atoms with Gasteiger partial charge < -0.3 is 10.4 Å². The Morgan fingerprint density at radius 3 is 2.70 bits per heavy atom. The fourth-order valence-electron chi connectivity index (χ4n) is 1.91. The summed E-state index contributed by atoms with van der Waals surface area (Å²) in [6, 6.07) is 11.0.